The fourth-order valence-electron chi connectivity index (χ4n) is 3.64. The summed E-state index contributed by atoms with van der Waals surface area (Å²) in [4.78, 5) is 38.0. The van der Waals surface area contributed by atoms with E-state index in [1.54, 1.807) is 61.7 Å². The highest BCUT2D eigenvalue weighted by Gasteiger charge is 2.16. The third-order valence-corrected chi connectivity index (χ3v) is 5.50. The molecule has 0 aliphatic heterocycles. The van der Waals surface area contributed by atoms with Gasteiger partial charge in [-0.05, 0) is 65.7 Å². The highest BCUT2D eigenvalue weighted by Crippen LogP contribution is 2.21. The molecule has 174 valence electrons. The van der Waals surface area contributed by atoms with Crippen LogP contribution in [0.25, 0.3) is 16.8 Å². The van der Waals surface area contributed by atoms with Crippen LogP contribution in [0.15, 0.2) is 96.7 Å². The standard InChI is InChI=1S/C29H24N2O4/c1-19(32)22-9-6-11-24(17-22)30-29(34)27(31-28(33)21-13-15-25(35-2)16-14-21)18-23-10-5-8-20-7-3-4-12-26(20)23/h3-18H,1-2H3,(H,30,34)(H,31,33). The lowest BCUT2D eigenvalue weighted by molar-refractivity contribution is -0.113. The Morgan fingerprint density at radius 1 is 0.800 bits per heavy atom. The molecule has 4 rings (SSSR count). The molecule has 2 amide bonds. The van der Waals surface area contributed by atoms with Gasteiger partial charge in [-0.15, -0.1) is 0 Å². The number of anilines is 1. The summed E-state index contributed by atoms with van der Waals surface area (Å²) in [5.74, 6) is -0.441. The van der Waals surface area contributed by atoms with Crippen LogP contribution in [0.4, 0.5) is 5.69 Å². The number of rotatable bonds is 7. The van der Waals surface area contributed by atoms with Gasteiger partial charge in [0.25, 0.3) is 11.8 Å². The van der Waals surface area contributed by atoms with Gasteiger partial charge in [0, 0.05) is 16.8 Å². The third-order valence-electron chi connectivity index (χ3n) is 5.50. The van der Waals surface area contributed by atoms with E-state index in [2.05, 4.69) is 10.6 Å². The van der Waals surface area contributed by atoms with Crippen LogP contribution in [-0.4, -0.2) is 24.7 Å². The number of carbonyl (C=O) groups excluding carboxylic acids is 3. The Hall–Kier alpha value is -4.71. The Balaban J connectivity index is 1.70. The molecule has 0 bridgehead atoms. The van der Waals surface area contributed by atoms with Crippen LogP contribution < -0.4 is 15.4 Å². The predicted octanol–water partition coefficient (Wildman–Crippen LogP) is 5.46. The Labute approximate surface area is 203 Å². The minimum absolute atomic E-state index is 0.0652. The lowest BCUT2D eigenvalue weighted by atomic mass is 10.0. The van der Waals surface area contributed by atoms with Crippen LogP contribution in [0, 0.1) is 0 Å². The first kappa shape index (κ1) is 23.4. The monoisotopic (exact) mass is 464 g/mol. The topological polar surface area (TPSA) is 84.5 Å². The van der Waals surface area contributed by atoms with E-state index >= 15 is 0 Å². The first-order valence-electron chi connectivity index (χ1n) is 11.0. The number of carbonyl (C=O) groups is 3. The van der Waals surface area contributed by atoms with Crippen molar-refractivity contribution in [3.63, 3.8) is 0 Å². The molecule has 6 nitrogen and oxygen atoms in total. The average molecular weight is 465 g/mol. The molecular formula is C29H24N2O4. The SMILES string of the molecule is COc1ccc(C(=O)NC(=Cc2cccc3ccccc23)C(=O)Nc2cccc(C(C)=O)c2)cc1. The molecule has 0 aromatic heterocycles. The van der Waals surface area contributed by atoms with Gasteiger partial charge in [0.1, 0.15) is 11.4 Å². The number of hydrogen-bond acceptors (Lipinski definition) is 4. The third kappa shape index (κ3) is 5.62. The number of fused-ring (bicyclic) bond motifs is 1. The Kier molecular flexibility index (Phi) is 7.02. The van der Waals surface area contributed by atoms with Crippen LogP contribution >= 0.6 is 0 Å². The quantitative estimate of drug-likeness (QED) is 0.281. The van der Waals surface area contributed by atoms with E-state index in [9.17, 15) is 14.4 Å². The fourth-order valence-corrected chi connectivity index (χ4v) is 3.64. The molecule has 0 radical (unpaired) electrons. The lowest BCUT2D eigenvalue weighted by Gasteiger charge is -2.13. The van der Waals surface area contributed by atoms with E-state index in [1.807, 2.05) is 42.5 Å². The minimum Gasteiger partial charge on any atom is -0.497 e. The van der Waals surface area contributed by atoms with Gasteiger partial charge in [0.2, 0.25) is 0 Å². The summed E-state index contributed by atoms with van der Waals surface area (Å²) in [6.07, 6.45) is 1.65. The van der Waals surface area contributed by atoms with E-state index in [0.29, 0.717) is 22.6 Å². The molecule has 0 aliphatic carbocycles. The molecule has 35 heavy (non-hydrogen) atoms. The van der Waals surface area contributed by atoms with E-state index in [4.69, 9.17) is 4.74 Å². The summed E-state index contributed by atoms with van der Waals surface area (Å²) in [5.41, 5.74) is 2.15. The van der Waals surface area contributed by atoms with Gasteiger partial charge in [-0.3, -0.25) is 14.4 Å². The summed E-state index contributed by atoms with van der Waals surface area (Å²) in [6.45, 7) is 1.46. The number of methoxy groups -OCH3 is 1. The normalized spacial score (nSPS) is 11.1. The summed E-state index contributed by atoms with van der Waals surface area (Å²) < 4.78 is 5.15. The van der Waals surface area contributed by atoms with Crippen LogP contribution in [0.1, 0.15) is 33.2 Å². The highest BCUT2D eigenvalue weighted by molar-refractivity contribution is 6.12. The van der Waals surface area contributed by atoms with Crippen LogP contribution in [0.5, 0.6) is 5.75 Å². The van der Waals surface area contributed by atoms with Gasteiger partial charge in [-0.25, -0.2) is 0 Å². The zero-order valence-electron chi connectivity index (χ0n) is 19.4. The minimum atomic E-state index is -0.513. The predicted molar refractivity (Wildman–Crippen MR) is 137 cm³/mol. The van der Waals surface area contributed by atoms with E-state index in [-0.39, 0.29) is 11.5 Å². The Morgan fingerprint density at radius 3 is 2.26 bits per heavy atom. The van der Waals surface area contributed by atoms with Gasteiger partial charge in [0.15, 0.2) is 5.78 Å². The molecule has 0 aliphatic rings. The van der Waals surface area contributed by atoms with Crippen LogP contribution in [-0.2, 0) is 4.79 Å². The van der Waals surface area contributed by atoms with Crippen molar-refractivity contribution in [3.05, 3.63) is 113 Å². The molecule has 0 saturated heterocycles. The second-order valence-electron chi connectivity index (χ2n) is 7.90. The van der Waals surface area contributed by atoms with Gasteiger partial charge in [0.05, 0.1) is 7.11 Å². The van der Waals surface area contributed by atoms with Crippen molar-refractivity contribution >= 4 is 40.1 Å². The molecule has 2 N–H and O–H groups in total. The largest absolute Gasteiger partial charge is 0.497 e. The van der Waals surface area contributed by atoms with Gasteiger partial charge in [-0.2, -0.15) is 0 Å². The van der Waals surface area contributed by atoms with E-state index < -0.39 is 11.8 Å². The maximum atomic E-state index is 13.3. The number of benzene rings is 4. The first-order chi connectivity index (χ1) is 16.9. The molecule has 0 fully saturated rings. The zero-order valence-corrected chi connectivity index (χ0v) is 19.4. The second-order valence-corrected chi connectivity index (χ2v) is 7.90. The van der Waals surface area contributed by atoms with Crippen molar-refractivity contribution in [1.29, 1.82) is 0 Å². The molecule has 0 saturated carbocycles. The maximum absolute atomic E-state index is 13.3. The number of hydrogen-bond donors (Lipinski definition) is 2. The Bertz CT molecular complexity index is 1430. The van der Waals surface area contributed by atoms with Gasteiger partial charge >= 0.3 is 0 Å². The molecule has 6 heteroatoms. The highest BCUT2D eigenvalue weighted by atomic mass is 16.5. The maximum Gasteiger partial charge on any atom is 0.272 e. The van der Waals surface area contributed by atoms with Gasteiger partial charge < -0.3 is 15.4 Å². The van der Waals surface area contributed by atoms with Crippen molar-refractivity contribution < 1.29 is 19.1 Å². The van der Waals surface area contributed by atoms with Crippen molar-refractivity contribution in [2.45, 2.75) is 6.92 Å². The van der Waals surface area contributed by atoms with E-state index in [1.165, 1.54) is 6.92 Å². The van der Waals surface area contributed by atoms with Crippen molar-refractivity contribution in [1.82, 2.24) is 5.32 Å². The summed E-state index contributed by atoms with van der Waals surface area (Å²) >= 11 is 0. The molecule has 0 heterocycles. The molecule has 0 atom stereocenters. The van der Waals surface area contributed by atoms with Crippen molar-refractivity contribution in [2.75, 3.05) is 12.4 Å². The van der Waals surface area contributed by atoms with Gasteiger partial charge in [-0.1, -0.05) is 54.6 Å². The zero-order chi connectivity index (χ0) is 24.8. The number of nitrogens with one attached hydrogen (secondary N) is 2. The van der Waals surface area contributed by atoms with Crippen molar-refractivity contribution in [3.8, 4) is 5.75 Å². The summed E-state index contributed by atoms with van der Waals surface area (Å²) in [5, 5.41) is 7.48. The van der Waals surface area contributed by atoms with E-state index in [0.717, 1.165) is 16.3 Å². The molecule has 0 unspecified atom stereocenters. The lowest BCUT2D eigenvalue weighted by Crippen LogP contribution is -2.30. The molecular weight excluding hydrogens is 440 g/mol. The smallest absolute Gasteiger partial charge is 0.272 e. The molecule has 4 aromatic rings. The first-order valence-corrected chi connectivity index (χ1v) is 11.0. The molecule has 0 spiro atoms. The van der Waals surface area contributed by atoms with Crippen molar-refractivity contribution in [2.24, 2.45) is 0 Å². The number of amides is 2. The number of ketones is 1. The number of Topliss-reactive ketones (excluding diaryl/α,β-unsaturated/α-hetero) is 1. The summed E-state index contributed by atoms with van der Waals surface area (Å²) in [6, 6.07) is 26.8. The molecule has 4 aromatic carbocycles. The van der Waals surface area contributed by atoms with Crippen LogP contribution in [0.3, 0.4) is 0 Å². The summed E-state index contributed by atoms with van der Waals surface area (Å²) in [7, 11) is 1.55. The second kappa shape index (κ2) is 10.5. The fraction of sp³-hybridized carbons (Fsp3) is 0.0690. The average Bonchev–Trinajstić information content (AvgIpc) is 2.88. The van der Waals surface area contributed by atoms with Crippen LogP contribution in [0.2, 0.25) is 0 Å². The number of ether oxygens (including phenoxy) is 1. The Morgan fingerprint density at radius 2 is 1.51 bits per heavy atom.